The summed E-state index contributed by atoms with van der Waals surface area (Å²) in [7, 11) is 0. The second kappa shape index (κ2) is 10.0. The molecule has 0 saturated carbocycles. The van der Waals surface area contributed by atoms with Crippen molar-refractivity contribution in [2.24, 2.45) is 0 Å². The van der Waals surface area contributed by atoms with E-state index in [2.05, 4.69) is 183 Å². The predicted octanol–water partition coefficient (Wildman–Crippen LogP) is 12.4. The molecule has 8 aromatic rings. The highest BCUT2D eigenvalue weighted by molar-refractivity contribution is 6.14. The number of aryl methyl sites for hydroxylation is 2. The Morgan fingerprint density at radius 2 is 0.938 bits per heavy atom. The van der Waals surface area contributed by atoms with Gasteiger partial charge < -0.3 is 4.90 Å². The zero-order chi connectivity index (χ0) is 32.0. The van der Waals surface area contributed by atoms with Crippen LogP contribution in [0.15, 0.2) is 164 Å². The van der Waals surface area contributed by atoms with Crippen LogP contribution < -0.4 is 4.90 Å². The second-order valence-electron chi connectivity index (χ2n) is 13.4. The molecule has 1 nitrogen and oxygen atoms in total. The van der Waals surface area contributed by atoms with Gasteiger partial charge in [-0.2, -0.15) is 0 Å². The summed E-state index contributed by atoms with van der Waals surface area (Å²) in [5, 5.41) is 5.12. The molecule has 0 amide bonds. The first-order chi connectivity index (χ1) is 23.6. The zero-order valence-corrected chi connectivity index (χ0v) is 27.0. The van der Waals surface area contributed by atoms with E-state index in [0.29, 0.717) is 0 Å². The van der Waals surface area contributed by atoms with Crippen LogP contribution in [0.2, 0.25) is 0 Å². The molecule has 2 aliphatic carbocycles. The van der Waals surface area contributed by atoms with Gasteiger partial charge in [-0.1, -0.05) is 145 Å². The highest BCUT2D eigenvalue weighted by atomic mass is 15.1. The van der Waals surface area contributed by atoms with Crippen LogP contribution in [0.25, 0.3) is 43.8 Å². The van der Waals surface area contributed by atoms with Crippen molar-refractivity contribution in [1.82, 2.24) is 0 Å². The first-order valence-corrected chi connectivity index (χ1v) is 16.9. The van der Waals surface area contributed by atoms with Gasteiger partial charge in [0.05, 0.1) is 11.1 Å². The molecule has 0 bridgehead atoms. The van der Waals surface area contributed by atoms with Crippen LogP contribution in [0.5, 0.6) is 0 Å². The highest BCUT2D eigenvalue weighted by Gasteiger charge is 2.53. The summed E-state index contributed by atoms with van der Waals surface area (Å²) in [4.78, 5) is 2.46. The molecule has 0 heterocycles. The summed E-state index contributed by atoms with van der Waals surface area (Å²) in [5.41, 5.74) is 16.3. The lowest BCUT2D eigenvalue weighted by Gasteiger charge is -2.33. The first-order valence-electron chi connectivity index (χ1n) is 16.9. The Morgan fingerprint density at radius 1 is 0.417 bits per heavy atom. The van der Waals surface area contributed by atoms with Crippen LogP contribution in [-0.2, 0) is 5.41 Å². The van der Waals surface area contributed by atoms with Crippen molar-refractivity contribution in [3.8, 4) is 22.3 Å². The summed E-state index contributed by atoms with van der Waals surface area (Å²) in [6.07, 6.45) is 0. The Balaban J connectivity index is 1.40. The lowest BCUT2D eigenvalue weighted by atomic mass is 9.69. The average molecular weight is 612 g/mol. The lowest BCUT2D eigenvalue weighted by molar-refractivity contribution is 0.802. The standard InChI is InChI=1S/C47H33N/c1-30-19-24-33(25-20-30)48(34-26-21-31(2)22-27-34)44-29-43-45(39-16-6-5-15-38(39)44)40-28-23-32-11-3-4-12-35(32)46(40)47(43)41-17-9-7-13-36(41)37-14-8-10-18-42(37)47/h3-29H,1-2H3. The van der Waals surface area contributed by atoms with Crippen LogP contribution in [0.1, 0.15) is 33.4 Å². The molecule has 2 aliphatic rings. The molecule has 0 aromatic heterocycles. The minimum Gasteiger partial charge on any atom is -0.310 e. The lowest BCUT2D eigenvalue weighted by Crippen LogP contribution is -2.26. The van der Waals surface area contributed by atoms with Gasteiger partial charge in [0.15, 0.2) is 0 Å². The van der Waals surface area contributed by atoms with Gasteiger partial charge in [-0.25, -0.2) is 0 Å². The van der Waals surface area contributed by atoms with E-state index < -0.39 is 5.41 Å². The largest absolute Gasteiger partial charge is 0.310 e. The monoisotopic (exact) mass is 611 g/mol. The average Bonchev–Trinajstić information content (AvgIpc) is 3.61. The third-order valence-corrected chi connectivity index (χ3v) is 10.8. The van der Waals surface area contributed by atoms with Gasteiger partial charge >= 0.3 is 0 Å². The fourth-order valence-electron chi connectivity index (χ4n) is 8.76. The molecule has 0 fully saturated rings. The maximum atomic E-state index is 2.53. The number of benzene rings is 8. The predicted molar refractivity (Wildman–Crippen MR) is 202 cm³/mol. The van der Waals surface area contributed by atoms with Crippen molar-refractivity contribution in [3.05, 3.63) is 197 Å². The molecule has 10 rings (SSSR count). The van der Waals surface area contributed by atoms with Crippen molar-refractivity contribution < 1.29 is 0 Å². The van der Waals surface area contributed by atoms with Gasteiger partial charge in [-0.05, 0) is 105 Å². The number of hydrogen-bond acceptors (Lipinski definition) is 1. The molecule has 0 saturated heterocycles. The fourth-order valence-corrected chi connectivity index (χ4v) is 8.76. The number of rotatable bonds is 3. The van der Waals surface area contributed by atoms with E-state index in [0.717, 1.165) is 11.4 Å². The SMILES string of the molecule is Cc1ccc(N(c2ccc(C)cc2)c2cc3c(c4ccccc24)-c2ccc4ccccc4c2C32c3ccccc3-c3ccccc32)cc1. The van der Waals surface area contributed by atoms with Crippen molar-refractivity contribution in [3.63, 3.8) is 0 Å². The molecule has 0 radical (unpaired) electrons. The fraction of sp³-hybridized carbons (Fsp3) is 0.0638. The van der Waals surface area contributed by atoms with E-state index in [1.807, 2.05) is 0 Å². The Bertz CT molecular complexity index is 2480. The Morgan fingerprint density at radius 3 is 1.56 bits per heavy atom. The molecule has 1 spiro atoms. The van der Waals surface area contributed by atoms with Crippen LogP contribution >= 0.6 is 0 Å². The number of hydrogen-bond donors (Lipinski definition) is 0. The third kappa shape index (κ3) is 3.56. The van der Waals surface area contributed by atoms with E-state index in [1.165, 1.54) is 82.9 Å². The first kappa shape index (κ1) is 27.2. The highest BCUT2D eigenvalue weighted by Crippen LogP contribution is 2.66. The minimum absolute atomic E-state index is 0.469. The van der Waals surface area contributed by atoms with Crippen molar-refractivity contribution in [2.75, 3.05) is 4.90 Å². The van der Waals surface area contributed by atoms with E-state index in [1.54, 1.807) is 0 Å². The number of anilines is 3. The van der Waals surface area contributed by atoms with Crippen molar-refractivity contribution in [1.29, 1.82) is 0 Å². The van der Waals surface area contributed by atoms with Gasteiger partial charge in [-0.15, -0.1) is 0 Å². The second-order valence-corrected chi connectivity index (χ2v) is 13.4. The molecule has 0 N–H and O–H groups in total. The maximum absolute atomic E-state index is 2.53. The van der Waals surface area contributed by atoms with Crippen LogP contribution in [0.4, 0.5) is 17.1 Å². The summed E-state index contributed by atoms with van der Waals surface area (Å²) in [5.74, 6) is 0. The molecule has 48 heavy (non-hydrogen) atoms. The Labute approximate surface area is 281 Å². The smallest absolute Gasteiger partial charge is 0.0732 e. The van der Waals surface area contributed by atoms with Gasteiger partial charge in [-0.3, -0.25) is 0 Å². The molecule has 0 aliphatic heterocycles. The maximum Gasteiger partial charge on any atom is 0.0732 e. The van der Waals surface area contributed by atoms with Gasteiger partial charge in [0.1, 0.15) is 0 Å². The summed E-state index contributed by atoms with van der Waals surface area (Å²) in [6, 6.07) is 61.4. The molecular formula is C47H33N. The normalized spacial score (nSPS) is 13.4. The summed E-state index contributed by atoms with van der Waals surface area (Å²) < 4.78 is 0. The summed E-state index contributed by atoms with van der Waals surface area (Å²) in [6.45, 7) is 4.32. The topological polar surface area (TPSA) is 3.24 Å². The third-order valence-electron chi connectivity index (χ3n) is 10.8. The van der Waals surface area contributed by atoms with E-state index in [-0.39, 0.29) is 0 Å². The van der Waals surface area contributed by atoms with Crippen LogP contribution in [-0.4, -0.2) is 0 Å². The van der Waals surface area contributed by atoms with E-state index >= 15 is 0 Å². The molecule has 226 valence electrons. The van der Waals surface area contributed by atoms with Crippen molar-refractivity contribution in [2.45, 2.75) is 19.3 Å². The van der Waals surface area contributed by atoms with Gasteiger partial charge in [0, 0.05) is 16.8 Å². The Hall–Kier alpha value is -5.92. The van der Waals surface area contributed by atoms with Crippen LogP contribution in [0, 0.1) is 13.8 Å². The molecule has 0 unspecified atom stereocenters. The molecule has 8 aromatic carbocycles. The number of fused-ring (bicyclic) bond motifs is 14. The quantitative estimate of drug-likeness (QED) is 0.192. The number of nitrogens with zero attached hydrogens (tertiary/aromatic N) is 1. The van der Waals surface area contributed by atoms with Crippen molar-refractivity contribution >= 4 is 38.6 Å². The molecule has 0 atom stereocenters. The molecular weight excluding hydrogens is 579 g/mol. The van der Waals surface area contributed by atoms with Gasteiger partial charge in [0.2, 0.25) is 0 Å². The summed E-state index contributed by atoms with van der Waals surface area (Å²) >= 11 is 0. The van der Waals surface area contributed by atoms with E-state index in [9.17, 15) is 0 Å². The Kier molecular flexibility index (Phi) is 5.69. The van der Waals surface area contributed by atoms with Gasteiger partial charge in [0.25, 0.3) is 0 Å². The zero-order valence-electron chi connectivity index (χ0n) is 27.0. The van der Waals surface area contributed by atoms with E-state index in [4.69, 9.17) is 0 Å². The minimum atomic E-state index is -0.469. The van der Waals surface area contributed by atoms with Crippen LogP contribution in [0.3, 0.4) is 0 Å². The molecule has 1 heteroatoms.